The SMILES string of the molecule is OC1CCCCCC1c1nc(-c2ncc(Br)cc2Br)no1. The van der Waals surface area contributed by atoms with Crippen LogP contribution in [0.4, 0.5) is 0 Å². The summed E-state index contributed by atoms with van der Waals surface area (Å²) < 4.78 is 7.05. The Morgan fingerprint density at radius 1 is 1.19 bits per heavy atom. The van der Waals surface area contributed by atoms with Crippen molar-refractivity contribution in [3.05, 3.63) is 27.1 Å². The molecule has 2 aromatic rings. The van der Waals surface area contributed by atoms with Gasteiger partial charge in [0.05, 0.1) is 12.0 Å². The van der Waals surface area contributed by atoms with E-state index in [9.17, 15) is 5.11 Å². The molecule has 5 nitrogen and oxygen atoms in total. The Hall–Kier alpha value is -0.790. The van der Waals surface area contributed by atoms with E-state index in [4.69, 9.17) is 4.52 Å². The molecule has 21 heavy (non-hydrogen) atoms. The highest BCUT2D eigenvalue weighted by atomic mass is 79.9. The van der Waals surface area contributed by atoms with Gasteiger partial charge in [-0.25, -0.2) is 0 Å². The highest BCUT2D eigenvalue weighted by Crippen LogP contribution is 2.33. The lowest BCUT2D eigenvalue weighted by atomic mass is 9.97. The van der Waals surface area contributed by atoms with Crippen LogP contribution >= 0.6 is 31.9 Å². The summed E-state index contributed by atoms with van der Waals surface area (Å²) in [6.07, 6.45) is 6.26. The molecule has 0 aromatic carbocycles. The molecule has 1 fully saturated rings. The van der Waals surface area contributed by atoms with Crippen LogP contribution in [0, 0.1) is 0 Å². The molecule has 2 unspecified atom stereocenters. The molecular formula is C14H15Br2N3O2. The Labute approximate surface area is 139 Å². The third kappa shape index (κ3) is 3.35. The maximum Gasteiger partial charge on any atom is 0.232 e. The minimum Gasteiger partial charge on any atom is -0.392 e. The molecule has 2 heterocycles. The fourth-order valence-corrected chi connectivity index (χ4v) is 3.80. The smallest absolute Gasteiger partial charge is 0.232 e. The zero-order valence-corrected chi connectivity index (χ0v) is 14.5. The van der Waals surface area contributed by atoms with Crippen molar-refractivity contribution in [3.8, 4) is 11.5 Å². The molecule has 2 atom stereocenters. The molecule has 1 N–H and O–H groups in total. The summed E-state index contributed by atoms with van der Waals surface area (Å²) in [7, 11) is 0. The van der Waals surface area contributed by atoms with E-state index in [1.54, 1.807) is 6.20 Å². The molecule has 0 saturated heterocycles. The quantitative estimate of drug-likeness (QED) is 0.747. The minimum absolute atomic E-state index is 0.0667. The fourth-order valence-electron chi connectivity index (χ4n) is 2.64. The van der Waals surface area contributed by atoms with Crippen molar-refractivity contribution in [1.82, 2.24) is 15.1 Å². The molecule has 0 bridgehead atoms. The monoisotopic (exact) mass is 415 g/mol. The van der Waals surface area contributed by atoms with E-state index in [-0.39, 0.29) is 5.92 Å². The number of aliphatic hydroxyl groups excluding tert-OH is 1. The van der Waals surface area contributed by atoms with E-state index in [0.717, 1.165) is 41.0 Å². The maximum absolute atomic E-state index is 10.2. The summed E-state index contributed by atoms with van der Waals surface area (Å²) in [5.74, 6) is 0.889. The Balaban J connectivity index is 1.88. The van der Waals surface area contributed by atoms with E-state index < -0.39 is 6.10 Å². The number of halogens is 2. The number of rotatable bonds is 2. The molecule has 7 heteroatoms. The second kappa shape index (κ2) is 6.54. The first kappa shape index (κ1) is 15.1. The average Bonchev–Trinajstić information content (AvgIpc) is 2.82. The Morgan fingerprint density at radius 2 is 2.00 bits per heavy atom. The van der Waals surface area contributed by atoms with Crippen LogP contribution in [0.3, 0.4) is 0 Å². The molecular weight excluding hydrogens is 402 g/mol. The predicted octanol–water partition coefficient (Wildman–Crippen LogP) is 4.07. The van der Waals surface area contributed by atoms with Crippen molar-refractivity contribution >= 4 is 31.9 Å². The van der Waals surface area contributed by atoms with Crippen molar-refractivity contribution in [2.75, 3.05) is 0 Å². The number of nitrogens with zero attached hydrogens (tertiary/aromatic N) is 3. The van der Waals surface area contributed by atoms with Gasteiger partial charge in [-0.05, 0) is 50.8 Å². The molecule has 0 aliphatic heterocycles. The first-order valence-electron chi connectivity index (χ1n) is 6.98. The second-order valence-electron chi connectivity index (χ2n) is 5.25. The topological polar surface area (TPSA) is 72.0 Å². The third-order valence-electron chi connectivity index (χ3n) is 3.76. The summed E-state index contributed by atoms with van der Waals surface area (Å²) in [5, 5.41) is 14.2. The summed E-state index contributed by atoms with van der Waals surface area (Å²) in [4.78, 5) is 8.74. The Bertz CT molecular complexity index is 632. The van der Waals surface area contributed by atoms with Gasteiger partial charge in [-0.1, -0.05) is 24.4 Å². The van der Waals surface area contributed by atoms with Crippen LogP contribution in [0.5, 0.6) is 0 Å². The van der Waals surface area contributed by atoms with E-state index in [1.807, 2.05) is 6.07 Å². The molecule has 1 saturated carbocycles. The standard InChI is InChI=1S/C14H15Br2N3O2/c15-8-6-10(16)12(17-7-8)13-18-14(21-19-13)9-4-2-1-3-5-11(9)20/h6-7,9,11,20H,1-5H2. The zero-order chi connectivity index (χ0) is 14.8. The van der Waals surface area contributed by atoms with Gasteiger partial charge in [0.25, 0.3) is 0 Å². The molecule has 1 aliphatic rings. The van der Waals surface area contributed by atoms with Gasteiger partial charge < -0.3 is 9.63 Å². The van der Waals surface area contributed by atoms with Crippen LogP contribution < -0.4 is 0 Å². The molecule has 1 aliphatic carbocycles. The lowest BCUT2D eigenvalue weighted by Crippen LogP contribution is -2.17. The van der Waals surface area contributed by atoms with Crippen LogP contribution in [-0.2, 0) is 0 Å². The first-order valence-corrected chi connectivity index (χ1v) is 8.57. The normalized spacial score (nSPS) is 23.0. The molecule has 0 spiro atoms. The molecule has 2 aromatic heterocycles. The highest BCUT2D eigenvalue weighted by molar-refractivity contribution is 9.11. The average molecular weight is 417 g/mol. The summed E-state index contributed by atoms with van der Waals surface area (Å²) in [6.45, 7) is 0. The van der Waals surface area contributed by atoms with Gasteiger partial charge in [0, 0.05) is 15.1 Å². The minimum atomic E-state index is -0.401. The zero-order valence-electron chi connectivity index (χ0n) is 11.3. The first-order chi connectivity index (χ1) is 10.1. The van der Waals surface area contributed by atoms with E-state index in [0.29, 0.717) is 17.4 Å². The van der Waals surface area contributed by atoms with Crippen LogP contribution in [0.2, 0.25) is 0 Å². The van der Waals surface area contributed by atoms with Gasteiger partial charge in [0.1, 0.15) is 5.69 Å². The Morgan fingerprint density at radius 3 is 2.81 bits per heavy atom. The number of aliphatic hydroxyl groups is 1. The van der Waals surface area contributed by atoms with Crippen molar-refractivity contribution in [2.45, 2.75) is 44.1 Å². The van der Waals surface area contributed by atoms with Crippen LogP contribution in [-0.4, -0.2) is 26.3 Å². The second-order valence-corrected chi connectivity index (χ2v) is 7.02. The fraction of sp³-hybridized carbons (Fsp3) is 0.500. The third-order valence-corrected chi connectivity index (χ3v) is 4.80. The van der Waals surface area contributed by atoms with Gasteiger partial charge in [-0.2, -0.15) is 4.98 Å². The largest absolute Gasteiger partial charge is 0.392 e. The summed E-state index contributed by atoms with van der Waals surface area (Å²) in [6, 6.07) is 1.89. The summed E-state index contributed by atoms with van der Waals surface area (Å²) >= 11 is 6.81. The van der Waals surface area contributed by atoms with Crippen LogP contribution in [0.15, 0.2) is 25.7 Å². The van der Waals surface area contributed by atoms with Crippen molar-refractivity contribution in [1.29, 1.82) is 0 Å². The molecule has 0 amide bonds. The van der Waals surface area contributed by atoms with Gasteiger partial charge in [0.2, 0.25) is 11.7 Å². The maximum atomic E-state index is 10.2. The molecule has 112 valence electrons. The number of hydrogen-bond donors (Lipinski definition) is 1. The number of pyridine rings is 1. The van der Waals surface area contributed by atoms with Gasteiger partial charge in [-0.3, -0.25) is 4.98 Å². The van der Waals surface area contributed by atoms with Crippen molar-refractivity contribution in [2.24, 2.45) is 0 Å². The van der Waals surface area contributed by atoms with Crippen LogP contribution in [0.25, 0.3) is 11.5 Å². The van der Waals surface area contributed by atoms with Crippen molar-refractivity contribution < 1.29 is 9.63 Å². The van der Waals surface area contributed by atoms with Crippen molar-refractivity contribution in [3.63, 3.8) is 0 Å². The van der Waals surface area contributed by atoms with Gasteiger partial charge >= 0.3 is 0 Å². The van der Waals surface area contributed by atoms with E-state index in [2.05, 4.69) is 47.0 Å². The van der Waals surface area contributed by atoms with Gasteiger partial charge in [-0.15, -0.1) is 0 Å². The van der Waals surface area contributed by atoms with E-state index >= 15 is 0 Å². The summed E-state index contributed by atoms with van der Waals surface area (Å²) in [5.41, 5.74) is 0.635. The lowest BCUT2D eigenvalue weighted by Gasteiger charge is -2.15. The highest BCUT2D eigenvalue weighted by Gasteiger charge is 2.28. The van der Waals surface area contributed by atoms with Gasteiger partial charge in [0.15, 0.2) is 0 Å². The Kier molecular flexibility index (Phi) is 4.71. The van der Waals surface area contributed by atoms with E-state index in [1.165, 1.54) is 0 Å². The number of hydrogen-bond acceptors (Lipinski definition) is 5. The molecule has 0 radical (unpaired) electrons. The molecule has 3 rings (SSSR count). The van der Waals surface area contributed by atoms with Crippen LogP contribution in [0.1, 0.15) is 43.9 Å². The number of aromatic nitrogens is 3. The lowest BCUT2D eigenvalue weighted by molar-refractivity contribution is 0.119. The predicted molar refractivity (Wildman–Crippen MR) is 84.8 cm³/mol.